The summed E-state index contributed by atoms with van der Waals surface area (Å²) in [7, 11) is 1.35. The van der Waals surface area contributed by atoms with Gasteiger partial charge in [0.05, 0.1) is 19.0 Å². The number of amides is 1. The molecule has 2 aromatic rings. The molecule has 3 heterocycles. The summed E-state index contributed by atoms with van der Waals surface area (Å²) in [6.45, 7) is 2.57. The van der Waals surface area contributed by atoms with Crippen molar-refractivity contribution in [2.75, 3.05) is 32.1 Å². The van der Waals surface area contributed by atoms with Crippen LogP contribution in [0.3, 0.4) is 0 Å². The smallest absolute Gasteiger partial charge is 0.354 e. The maximum Gasteiger partial charge on any atom is 0.354 e. The molecule has 2 saturated carbocycles. The Hall–Kier alpha value is -2.68. The molecule has 2 atom stereocenters. The zero-order valence-corrected chi connectivity index (χ0v) is 17.9. The monoisotopic (exact) mass is 426 g/mol. The van der Waals surface area contributed by atoms with Crippen LogP contribution in [0.1, 0.15) is 55.4 Å². The highest BCUT2D eigenvalue weighted by atomic mass is 16.5. The second kappa shape index (κ2) is 8.11. The molecule has 1 spiro atoms. The van der Waals surface area contributed by atoms with Crippen LogP contribution in [-0.2, 0) is 9.53 Å². The van der Waals surface area contributed by atoms with Gasteiger partial charge in [-0.15, -0.1) is 0 Å². The molecule has 1 saturated heterocycles. The molecule has 2 aromatic heterocycles. The molecule has 3 fully saturated rings. The number of carbonyl (C=O) groups excluding carboxylic acids is 2. The highest BCUT2D eigenvalue weighted by Crippen LogP contribution is 2.57. The van der Waals surface area contributed by atoms with Gasteiger partial charge < -0.3 is 20.4 Å². The van der Waals surface area contributed by atoms with Crippen molar-refractivity contribution in [1.82, 2.24) is 25.2 Å². The predicted octanol–water partition coefficient (Wildman–Crippen LogP) is 2.07. The number of aromatic amines is 1. The van der Waals surface area contributed by atoms with Gasteiger partial charge in [0, 0.05) is 17.5 Å². The summed E-state index contributed by atoms with van der Waals surface area (Å²) in [5.74, 6) is 0.430. The predicted molar refractivity (Wildman–Crippen MR) is 116 cm³/mol. The van der Waals surface area contributed by atoms with E-state index in [4.69, 9.17) is 4.74 Å². The second-order valence-corrected chi connectivity index (χ2v) is 9.14. The fraction of sp³-hybridized carbons (Fsp3) is 0.636. The number of piperidine rings is 1. The van der Waals surface area contributed by atoms with Crippen molar-refractivity contribution in [3.63, 3.8) is 0 Å². The number of carbonyl (C=O) groups is 2. The van der Waals surface area contributed by atoms with Gasteiger partial charge in [-0.3, -0.25) is 9.69 Å². The quantitative estimate of drug-likeness (QED) is 0.606. The summed E-state index contributed by atoms with van der Waals surface area (Å²) in [5.41, 5.74) is 1.05. The van der Waals surface area contributed by atoms with Crippen LogP contribution in [0.2, 0.25) is 0 Å². The number of hydrogen-bond donors (Lipinski definition) is 3. The number of esters is 1. The lowest BCUT2D eigenvalue weighted by atomic mass is 9.50. The van der Waals surface area contributed by atoms with Crippen molar-refractivity contribution in [3.8, 4) is 0 Å². The molecule has 2 aliphatic carbocycles. The number of hydrogen-bond acceptors (Lipinski definition) is 7. The van der Waals surface area contributed by atoms with Crippen LogP contribution in [0.4, 0.5) is 5.82 Å². The highest BCUT2D eigenvalue weighted by Gasteiger charge is 2.58. The van der Waals surface area contributed by atoms with Crippen molar-refractivity contribution in [2.45, 2.75) is 57.0 Å². The lowest BCUT2D eigenvalue weighted by molar-refractivity contribution is -0.128. The van der Waals surface area contributed by atoms with Gasteiger partial charge in [0.15, 0.2) is 0 Å². The average Bonchev–Trinajstić information content (AvgIpc) is 3.17. The minimum Gasteiger partial charge on any atom is -0.464 e. The van der Waals surface area contributed by atoms with Crippen molar-refractivity contribution >= 4 is 28.7 Å². The van der Waals surface area contributed by atoms with Crippen LogP contribution >= 0.6 is 0 Å². The SMILES string of the molecule is COC(=O)c1cc2c(NC3CC(NC(=O)CN4CCCCC4)C34CCC4)ncnc2[nH]1. The summed E-state index contributed by atoms with van der Waals surface area (Å²) < 4.78 is 4.80. The van der Waals surface area contributed by atoms with Crippen LogP contribution in [0, 0.1) is 5.41 Å². The van der Waals surface area contributed by atoms with Crippen LogP contribution in [0.15, 0.2) is 12.4 Å². The average molecular weight is 427 g/mol. The molecule has 166 valence electrons. The van der Waals surface area contributed by atoms with Crippen LogP contribution < -0.4 is 10.6 Å². The minimum atomic E-state index is -0.431. The Morgan fingerprint density at radius 1 is 1.19 bits per heavy atom. The summed E-state index contributed by atoms with van der Waals surface area (Å²) >= 11 is 0. The summed E-state index contributed by atoms with van der Waals surface area (Å²) in [4.78, 5) is 38.4. The molecule has 5 rings (SSSR count). The van der Waals surface area contributed by atoms with Gasteiger partial charge in [-0.1, -0.05) is 12.8 Å². The number of aromatic nitrogens is 3. The van der Waals surface area contributed by atoms with E-state index in [1.165, 1.54) is 39.1 Å². The van der Waals surface area contributed by atoms with E-state index >= 15 is 0 Å². The Balaban J connectivity index is 1.25. The third kappa shape index (κ3) is 3.64. The summed E-state index contributed by atoms with van der Waals surface area (Å²) in [6.07, 6.45) is 9.43. The van der Waals surface area contributed by atoms with Gasteiger partial charge in [0.2, 0.25) is 5.91 Å². The first-order valence-electron chi connectivity index (χ1n) is 11.3. The zero-order chi connectivity index (χ0) is 21.4. The Morgan fingerprint density at radius 2 is 2.00 bits per heavy atom. The number of rotatable bonds is 6. The zero-order valence-electron chi connectivity index (χ0n) is 17.9. The van der Waals surface area contributed by atoms with E-state index in [2.05, 4.69) is 30.5 Å². The number of methoxy groups -OCH3 is 1. The molecule has 0 radical (unpaired) electrons. The Morgan fingerprint density at radius 3 is 2.71 bits per heavy atom. The van der Waals surface area contributed by atoms with Crippen molar-refractivity contribution in [3.05, 3.63) is 18.1 Å². The first kappa shape index (κ1) is 20.2. The molecule has 1 amide bonds. The Bertz CT molecular complexity index is 979. The van der Waals surface area contributed by atoms with Crippen molar-refractivity contribution < 1.29 is 14.3 Å². The fourth-order valence-electron chi connectivity index (χ4n) is 5.48. The maximum absolute atomic E-state index is 12.6. The molecule has 0 bridgehead atoms. The molecule has 9 heteroatoms. The van der Waals surface area contributed by atoms with Crippen molar-refractivity contribution in [2.24, 2.45) is 5.41 Å². The third-order valence-electron chi connectivity index (χ3n) is 7.44. The molecule has 3 aliphatic rings. The third-order valence-corrected chi connectivity index (χ3v) is 7.44. The van der Waals surface area contributed by atoms with Crippen LogP contribution in [0.25, 0.3) is 11.0 Å². The lowest BCUT2D eigenvalue weighted by Gasteiger charge is -2.61. The molecular formula is C22H30N6O3. The van der Waals surface area contributed by atoms with Gasteiger partial charge in [0.1, 0.15) is 23.5 Å². The van der Waals surface area contributed by atoms with E-state index < -0.39 is 5.97 Å². The van der Waals surface area contributed by atoms with Gasteiger partial charge in [-0.2, -0.15) is 0 Å². The van der Waals surface area contributed by atoms with Crippen molar-refractivity contribution in [1.29, 1.82) is 0 Å². The molecule has 31 heavy (non-hydrogen) atoms. The Labute approximate surface area is 181 Å². The van der Waals surface area contributed by atoms with Gasteiger partial charge >= 0.3 is 5.97 Å². The first-order valence-corrected chi connectivity index (χ1v) is 11.3. The number of fused-ring (bicyclic) bond motifs is 1. The second-order valence-electron chi connectivity index (χ2n) is 9.14. The van der Waals surface area contributed by atoms with E-state index in [1.807, 2.05) is 0 Å². The van der Waals surface area contributed by atoms with Crippen LogP contribution in [0.5, 0.6) is 0 Å². The molecular weight excluding hydrogens is 396 g/mol. The molecule has 9 nitrogen and oxygen atoms in total. The van der Waals surface area contributed by atoms with Gasteiger partial charge in [0.25, 0.3) is 0 Å². The number of likely N-dealkylation sites (tertiary alicyclic amines) is 1. The number of nitrogens with zero attached hydrogens (tertiary/aromatic N) is 3. The number of nitrogens with one attached hydrogen (secondary N) is 3. The molecule has 0 aromatic carbocycles. The molecule has 1 aliphatic heterocycles. The highest BCUT2D eigenvalue weighted by molar-refractivity contribution is 5.97. The fourth-order valence-corrected chi connectivity index (χ4v) is 5.48. The maximum atomic E-state index is 12.6. The van der Waals surface area contributed by atoms with E-state index in [1.54, 1.807) is 6.07 Å². The number of H-pyrrole nitrogens is 1. The van der Waals surface area contributed by atoms with E-state index in [9.17, 15) is 9.59 Å². The normalized spacial score (nSPS) is 24.9. The van der Waals surface area contributed by atoms with Gasteiger partial charge in [-0.05, 0) is 51.3 Å². The number of ether oxygens (including phenoxy) is 1. The standard InChI is InChI=1S/C22H30N6O3/c1-31-21(30)15-10-14-19(25-15)23-13-24-20(14)27-17-11-16(22(17)6-5-7-22)26-18(29)12-28-8-3-2-4-9-28/h10,13,16-17H,2-9,11-12H2,1H3,(H,26,29)(H2,23,24,25,27). The molecule has 3 N–H and O–H groups in total. The Kier molecular flexibility index (Phi) is 5.29. The van der Waals surface area contributed by atoms with E-state index in [0.29, 0.717) is 23.7 Å². The van der Waals surface area contributed by atoms with E-state index in [-0.39, 0.29) is 23.4 Å². The van der Waals surface area contributed by atoms with Crippen LogP contribution in [-0.4, -0.2) is 70.6 Å². The summed E-state index contributed by atoms with van der Waals surface area (Å²) in [5, 5.41) is 7.67. The lowest BCUT2D eigenvalue weighted by Crippen LogP contribution is -2.69. The topological polar surface area (TPSA) is 112 Å². The molecule has 2 unspecified atom stereocenters. The summed E-state index contributed by atoms with van der Waals surface area (Å²) in [6, 6.07) is 2.19. The first-order chi connectivity index (χ1) is 15.1. The van der Waals surface area contributed by atoms with Gasteiger partial charge in [-0.25, -0.2) is 14.8 Å². The van der Waals surface area contributed by atoms with E-state index in [0.717, 1.165) is 37.7 Å². The number of anilines is 1. The minimum absolute atomic E-state index is 0.0936. The largest absolute Gasteiger partial charge is 0.464 e.